The number of H-pyrrole nitrogens is 1. The zero-order valence-electron chi connectivity index (χ0n) is 13.5. The van der Waals surface area contributed by atoms with Crippen LogP contribution in [0, 0.1) is 0 Å². The summed E-state index contributed by atoms with van der Waals surface area (Å²) < 4.78 is 10.9. The quantitative estimate of drug-likeness (QED) is 0.683. The number of hydrogen-bond acceptors (Lipinski definition) is 5. The molecule has 1 N–H and O–H groups in total. The second kappa shape index (κ2) is 7.40. The molecule has 0 atom stereocenters. The van der Waals surface area contributed by atoms with Crippen molar-refractivity contribution in [1.82, 2.24) is 10.1 Å². The van der Waals surface area contributed by atoms with Gasteiger partial charge in [-0.15, -0.1) is 11.8 Å². The van der Waals surface area contributed by atoms with E-state index < -0.39 is 0 Å². The highest BCUT2D eigenvalue weighted by Gasteiger charge is 2.08. The standard InChI is InChI=1S/C18H18N2O3S/c1-12(2)24-18-14(4-3-9-19-18)11-22-15-7-5-13(6-8-15)16-10-17(21)20-23-16/h3-10,12H,11H2,1-2H3,(H,20,21). The van der Waals surface area contributed by atoms with Gasteiger partial charge in [0.05, 0.1) is 6.07 Å². The normalized spacial score (nSPS) is 11.0. The summed E-state index contributed by atoms with van der Waals surface area (Å²) in [4.78, 5) is 15.5. The average Bonchev–Trinajstić information content (AvgIpc) is 3.00. The van der Waals surface area contributed by atoms with Crippen LogP contribution in [0.25, 0.3) is 11.3 Å². The van der Waals surface area contributed by atoms with Crippen LogP contribution in [-0.2, 0) is 6.61 Å². The maximum absolute atomic E-state index is 11.1. The van der Waals surface area contributed by atoms with Gasteiger partial charge in [-0.05, 0) is 30.3 Å². The Kier molecular flexibility index (Phi) is 5.05. The molecule has 0 saturated heterocycles. The van der Waals surface area contributed by atoms with E-state index in [-0.39, 0.29) is 5.56 Å². The number of pyridine rings is 1. The van der Waals surface area contributed by atoms with E-state index in [4.69, 9.17) is 9.26 Å². The second-order valence-electron chi connectivity index (χ2n) is 5.52. The van der Waals surface area contributed by atoms with Gasteiger partial charge in [-0.2, -0.15) is 5.16 Å². The third-order valence-electron chi connectivity index (χ3n) is 3.25. The Morgan fingerprint density at radius 3 is 2.71 bits per heavy atom. The Hall–Kier alpha value is -2.47. The Balaban J connectivity index is 1.68. The average molecular weight is 342 g/mol. The highest BCUT2D eigenvalue weighted by Crippen LogP contribution is 2.26. The molecule has 2 aromatic heterocycles. The van der Waals surface area contributed by atoms with Gasteiger partial charge in [0.2, 0.25) is 0 Å². The van der Waals surface area contributed by atoms with Crippen LogP contribution in [-0.4, -0.2) is 15.4 Å². The van der Waals surface area contributed by atoms with Crippen molar-refractivity contribution in [3.05, 3.63) is 64.6 Å². The van der Waals surface area contributed by atoms with Gasteiger partial charge in [0.1, 0.15) is 17.4 Å². The monoisotopic (exact) mass is 342 g/mol. The molecule has 0 spiro atoms. The van der Waals surface area contributed by atoms with Gasteiger partial charge in [-0.25, -0.2) is 4.98 Å². The summed E-state index contributed by atoms with van der Waals surface area (Å²) in [5.74, 6) is 1.26. The molecule has 0 aliphatic carbocycles. The van der Waals surface area contributed by atoms with Crippen molar-refractivity contribution in [3.63, 3.8) is 0 Å². The topological polar surface area (TPSA) is 68.1 Å². The lowest BCUT2D eigenvalue weighted by Gasteiger charge is -2.11. The Bertz CT molecular complexity index is 853. The van der Waals surface area contributed by atoms with Crippen LogP contribution >= 0.6 is 11.8 Å². The van der Waals surface area contributed by atoms with E-state index in [0.717, 1.165) is 21.9 Å². The van der Waals surface area contributed by atoms with Gasteiger partial charge in [-0.3, -0.25) is 4.79 Å². The molecule has 24 heavy (non-hydrogen) atoms. The van der Waals surface area contributed by atoms with E-state index >= 15 is 0 Å². The van der Waals surface area contributed by atoms with E-state index in [2.05, 4.69) is 24.0 Å². The summed E-state index contributed by atoms with van der Waals surface area (Å²) in [7, 11) is 0. The molecule has 0 unspecified atom stereocenters. The van der Waals surface area contributed by atoms with Crippen molar-refractivity contribution in [2.24, 2.45) is 0 Å². The summed E-state index contributed by atoms with van der Waals surface area (Å²) in [6.45, 7) is 4.74. The molecule has 124 valence electrons. The zero-order chi connectivity index (χ0) is 16.9. The number of thioether (sulfide) groups is 1. The minimum Gasteiger partial charge on any atom is -0.489 e. The molecule has 5 nitrogen and oxygen atoms in total. The lowest BCUT2D eigenvalue weighted by atomic mass is 10.2. The van der Waals surface area contributed by atoms with Crippen molar-refractivity contribution in [2.75, 3.05) is 0 Å². The molecule has 0 aliphatic rings. The van der Waals surface area contributed by atoms with E-state index in [9.17, 15) is 4.79 Å². The maximum atomic E-state index is 11.1. The fourth-order valence-corrected chi connectivity index (χ4v) is 3.01. The predicted molar refractivity (Wildman–Crippen MR) is 94.3 cm³/mol. The molecular formula is C18H18N2O3S. The van der Waals surface area contributed by atoms with Crippen molar-refractivity contribution in [1.29, 1.82) is 0 Å². The van der Waals surface area contributed by atoms with Crippen LogP contribution in [0.15, 0.2) is 63.0 Å². The molecule has 1 aromatic carbocycles. The Morgan fingerprint density at radius 2 is 2.04 bits per heavy atom. The number of benzene rings is 1. The van der Waals surface area contributed by atoms with Gasteiger partial charge in [-0.1, -0.05) is 19.9 Å². The number of aromatic amines is 1. The largest absolute Gasteiger partial charge is 0.489 e. The third kappa shape index (κ3) is 4.08. The van der Waals surface area contributed by atoms with Crippen LogP contribution in [0.3, 0.4) is 0 Å². The number of ether oxygens (including phenoxy) is 1. The molecule has 6 heteroatoms. The van der Waals surface area contributed by atoms with Gasteiger partial charge in [0, 0.05) is 22.6 Å². The minimum atomic E-state index is -0.253. The van der Waals surface area contributed by atoms with Gasteiger partial charge < -0.3 is 9.26 Å². The molecule has 0 fully saturated rings. The lowest BCUT2D eigenvalue weighted by Crippen LogP contribution is -2.00. The number of rotatable bonds is 6. The summed E-state index contributed by atoms with van der Waals surface area (Å²) >= 11 is 1.73. The van der Waals surface area contributed by atoms with Crippen LogP contribution < -0.4 is 10.3 Å². The van der Waals surface area contributed by atoms with Crippen molar-refractivity contribution in [2.45, 2.75) is 30.7 Å². The lowest BCUT2D eigenvalue weighted by molar-refractivity contribution is 0.302. The van der Waals surface area contributed by atoms with Gasteiger partial charge in [0.15, 0.2) is 5.76 Å². The Labute approximate surface area is 144 Å². The number of nitrogens with one attached hydrogen (secondary N) is 1. The first-order valence-corrected chi connectivity index (χ1v) is 8.52. The zero-order valence-corrected chi connectivity index (χ0v) is 14.3. The molecule has 0 amide bonds. The van der Waals surface area contributed by atoms with Crippen LogP contribution in [0.5, 0.6) is 5.75 Å². The number of hydrogen-bond donors (Lipinski definition) is 1. The Morgan fingerprint density at radius 1 is 1.25 bits per heavy atom. The smallest absolute Gasteiger partial charge is 0.280 e. The molecule has 0 aliphatic heterocycles. The van der Waals surface area contributed by atoms with Crippen LogP contribution in [0.1, 0.15) is 19.4 Å². The first kappa shape index (κ1) is 16.4. The molecular weight excluding hydrogens is 324 g/mol. The molecule has 0 bridgehead atoms. The van der Waals surface area contributed by atoms with E-state index in [0.29, 0.717) is 17.6 Å². The predicted octanol–water partition coefficient (Wildman–Crippen LogP) is 4.11. The van der Waals surface area contributed by atoms with Crippen LogP contribution in [0.2, 0.25) is 0 Å². The van der Waals surface area contributed by atoms with Crippen molar-refractivity contribution in [3.8, 4) is 17.1 Å². The van der Waals surface area contributed by atoms with Gasteiger partial charge in [0.25, 0.3) is 5.56 Å². The summed E-state index contributed by atoms with van der Waals surface area (Å²) in [5, 5.41) is 3.74. The molecule has 3 aromatic rings. The molecule has 2 heterocycles. The molecule has 0 saturated carbocycles. The third-order valence-corrected chi connectivity index (χ3v) is 4.32. The van der Waals surface area contributed by atoms with Crippen molar-refractivity contribution < 1.29 is 9.26 Å². The fourth-order valence-electron chi connectivity index (χ4n) is 2.17. The van der Waals surface area contributed by atoms with E-state index in [1.165, 1.54) is 6.07 Å². The van der Waals surface area contributed by atoms with E-state index in [1.54, 1.807) is 18.0 Å². The summed E-state index contributed by atoms with van der Waals surface area (Å²) in [5.41, 5.74) is 1.63. The van der Waals surface area contributed by atoms with E-state index in [1.807, 2.05) is 36.4 Å². The first-order valence-electron chi connectivity index (χ1n) is 7.64. The van der Waals surface area contributed by atoms with Gasteiger partial charge >= 0.3 is 0 Å². The first-order chi connectivity index (χ1) is 11.6. The number of nitrogens with zero attached hydrogens (tertiary/aromatic N) is 1. The molecule has 3 rings (SSSR count). The summed E-state index contributed by atoms with van der Waals surface area (Å²) in [6.07, 6.45) is 1.80. The maximum Gasteiger partial charge on any atom is 0.280 e. The second-order valence-corrected chi connectivity index (χ2v) is 7.09. The van der Waals surface area contributed by atoms with Crippen LogP contribution in [0.4, 0.5) is 0 Å². The van der Waals surface area contributed by atoms with Crippen molar-refractivity contribution >= 4 is 11.8 Å². The SMILES string of the molecule is CC(C)Sc1ncccc1COc1ccc(-c2cc(=O)[nH]o2)cc1. The highest BCUT2D eigenvalue weighted by molar-refractivity contribution is 7.99. The molecule has 0 radical (unpaired) electrons. The summed E-state index contributed by atoms with van der Waals surface area (Å²) in [6, 6.07) is 12.8. The highest BCUT2D eigenvalue weighted by atomic mass is 32.2. The fraction of sp³-hybridized carbons (Fsp3) is 0.222. The minimum absolute atomic E-state index is 0.253. The number of aromatic nitrogens is 2.